The van der Waals surface area contributed by atoms with Gasteiger partial charge in [-0.2, -0.15) is 0 Å². The van der Waals surface area contributed by atoms with Gasteiger partial charge in [0.15, 0.2) is 0 Å². The molecule has 2 N–H and O–H groups in total. The lowest BCUT2D eigenvalue weighted by Gasteiger charge is -2.34. The van der Waals surface area contributed by atoms with Crippen molar-refractivity contribution in [2.45, 2.75) is 25.3 Å². The minimum Gasteiger partial charge on any atom is -0.326 e. The van der Waals surface area contributed by atoms with Crippen LogP contribution >= 0.6 is 12.4 Å². The zero-order valence-corrected chi connectivity index (χ0v) is 13.1. The van der Waals surface area contributed by atoms with Crippen molar-refractivity contribution in [1.29, 1.82) is 0 Å². The molecule has 2 heterocycles. The summed E-state index contributed by atoms with van der Waals surface area (Å²) in [5.74, 6) is 0.906. The van der Waals surface area contributed by atoms with Crippen molar-refractivity contribution in [2.24, 2.45) is 5.92 Å². The monoisotopic (exact) mass is 309 g/mol. The summed E-state index contributed by atoms with van der Waals surface area (Å²) in [6, 6.07) is 10.4. The molecule has 21 heavy (non-hydrogen) atoms. The Hall–Kier alpha value is -1.10. The number of nitrogens with zero attached hydrogens (tertiary/aromatic N) is 1. The third-order valence-electron chi connectivity index (χ3n) is 4.45. The van der Waals surface area contributed by atoms with E-state index in [1.807, 2.05) is 30.3 Å². The molecule has 1 aromatic rings. The lowest BCUT2D eigenvalue weighted by molar-refractivity contribution is -0.116. The number of nitrogens with one attached hydrogen (secondary N) is 2. The summed E-state index contributed by atoms with van der Waals surface area (Å²) in [7, 11) is 0. The van der Waals surface area contributed by atoms with Crippen molar-refractivity contribution in [3.8, 4) is 0 Å². The third kappa shape index (κ3) is 4.43. The second-order valence-corrected chi connectivity index (χ2v) is 5.86. The molecule has 116 valence electrons. The van der Waals surface area contributed by atoms with Gasteiger partial charge in [0.1, 0.15) is 0 Å². The molecule has 2 fully saturated rings. The van der Waals surface area contributed by atoms with Crippen molar-refractivity contribution in [2.75, 3.05) is 31.5 Å². The number of anilines is 1. The number of benzene rings is 1. The smallest absolute Gasteiger partial charge is 0.225 e. The largest absolute Gasteiger partial charge is 0.326 e. The highest BCUT2D eigenvalue weighted by atomic mass is 35.5. The van der Waals surface area contributed by atoms with E-state index in [1.54, 1.807) is 0 Å². The van der Waals surface area contributed by atoms with Crippen LogP contribution in [0.4, 0.5) is 5.69 Å². The summed E-state index contributed by atoms with van der Waals surface area (Å²) < 4.78 is 0. The normalized spacial score (nSPS) is 25.0. The fourth-order valence-corrected chi connectivity index (χ4v) is 3.33. The van der Waals surface area contributed by atoms with Crippen LogP contribution in [-0.2, 0) is 4.79 Å². The minimum absolute atomic E-state index is 0. The Kier molecular flexibility index (Phi) is 6.03. The van der Waals surface area contributed by atoms with Gasteiger partial charge in [-0.05, 0) is 44.0 Å². The second kappa shape index (κ2) is 7.78. The first kappa shape index (κ1) is 16.3. The molecule has 0 saturated carbocycles. The fourth-order valence-electron chi connectivity index (χ4n) is 3.33. The summed E-state index contributed by atoms with van der Waals surface area (Å²) in [6.45, 7) is 4.31. The molecule has 1 amide bonds. The van der Waals surface area contributed by atoms with Crippen LogP contribution in [0.2, 0.25) is 0 Å². The van der Waals surface area contributed by atoms with E-state index in [4.69, 9.17) is 0 Å². The predicted octanol–water partition coefficient (Wildman–Crippen LogP) is 2.12. The second-order valence-electron chi connectivity index (χ2n) is 5.86. The van der Waals surface area contributed by atoms with E-state index in [1.165, 1.54) is 12.8 Å². The van der Waals surface area contributed by atoms with E-state index in [0.717, 1.165) is 43.8 Å². The zero-order valence-electron chi connectivity index (χ0n) is 12.3. The van der Waals surface area contributed by atoms with Gasteiger partial charge in [-0.1, -0.05) is 18.2 Å². The molecule has 2 unspecified atom stereocenters. The molecule has 0 spiro atoms. The Balaban J connectivity index is 0.00000161. The van der Waals surface area contributed by atoms with E-state index in [2.05, 4.69) is 15.5 Å². The number of amides is 1. The van der Waals surface area contributed by atoms with Crippen LogP contribution < -0.4 is 10.6 Å². The van der Waals surface area contributed by atoms with Gasteiger partial charge in [-0.25, -0.2) is 0 Å². The van der Waals surface area contributed by atoms with E-state index >= 15 is 0 Å². The molecule has 2 aliphatic rings. The molecule has 0 radical (unpaired) electrons. The Bertz CT molecular complexity index is 454. The molecular weight excluding hydrogens is 286 g/mol. The molecule has 4 nitrogen and oxygen atoms in total. The topological polar surface area (TPSA) is 44.4 Å². The van der Waals surface area contributed by atoms with Crippen LogP contribution in [0.5, 0.6) is 0 Å². The quantitative estimate of drug-likeness (QED) is 0.895. The zero-order chi connectivity index (χ0) is 13.8. The average Bonchev–Trinajstić information content (AvgIpc) is 2.93. The minimum atomic E-state index is 0. The Morgan fingerprint density at radius 2 is 2.10 bits per heavy atom. The maximum Gasteiger partial charge on any atom is 0.225 e. The van der Waals surface area contributed by atoms with Crippen molar-refractivity contribution < 1.29 is 4.79 Å². The van der Waals surface area contributed by atoms with Gasteiger partial charge < -0.3 is 15.5 Å². The molecule has 2 atom stereocenters. The van der Waals surface area contributed by atoms with Gasteiger partial charge >= 0.3 is 0 Å². The highest BCUT2D eigenvalue weighted by molar-refractivity contribution is 5.90. The van der Waals surface area contributed by atoms with Crippen molar-refractivity contribution in [3.63, 3.8) is 0 Å². The summed E-state index contributed by atoms with van der Waals surface area (Å²) >= 11 is 0. The summed E-state index contributed by atoms with van der Waals surface area (Å²) in [4.78, 5) is 14.4. The molecule has 3 rings (SSSR count). The Labute approximate surface area is 132 Å². The van der Waals surface area contributed by atoms with Crippen LogP contribution in [0.1, 0.15) is 19.3 Å². The number of hydrogen-bond donors (Lipinski definition) is 2. The molecule has 2 saturated heterocycles. The number of carbonyl (C=O) groups is 1. The highest BCUT2D eigenvalue weighted by Crippen LogP contribution is 2.24. The van der Waals surface area contributed by atoms with E-state index in [-0.39, 0.29) is 18.3 Å². The number of para-hydroxylation sites is 1. The van der Waals surface area contributed by atoms with Gasteiger partial charge in [0.05, 0.1) is 0 Å². The number of halogens is 1. The van der Waals surface area contributed by atoms with Gasteiger partial charge in [-0.15, -0.1) is 12.4 Å². The first-order valence-electron chi connectivity index (χ1n) is 7.62. The molecule has 2 aliphatic heterocycles. The van der Waals surface area contributed by atoms with Crippen LogP contribution in [0.25, 0.3) is 0 Å². The number of piperidine rings is 1. The van der Waals surface area contributed by atoms with E-state index in [0.29, 0.717) is 6.42 Å². The fraction of sp³-hybridized carbons (Fsp3) is 0.562. The summed E-state index contributed by atoms with van der Waals surface area (Å²) in [5.41, 5.74) is 0.885. The number of carbonyl (C=O) groups excluding carboxylic acids is 1. The highest BCUT2D eigenvalue weighted by Gasteiger charge is 2.32. The van der Waals surface area contributed by atoms with Crippen LogP contribution in [-0.4, -0.2) is 43.0 Å². The number of hydrogen-bond acceptors (Lipinski definition) is 3. The van der Waals surface area contributed by atoms with Crippen LogP contribution in [0.15, 0.2) is 30.3 Å². The number of likely N-dealkylation sites (tertiary alicyclic amines) is 1. The summed E-state index contributed by atoms with van der Waals surface area (Å²) in [6.07, 6.45) is 3.10. The molecule has 0 aliphatic carbocycles. The van der Waals surface area contributed by atoms with E-state index < -0.39 is 0 Å². The van der Waals surface area contributed by atoms with Gasteiger partial charge in [-0.3, -0.25) is 4.79 Å². The van der Waals surface area contributed by atoms with E-state index in [9.17, 15) is 4.79 Å². The SMILES string of the molecule is Cl.O=C(CCN1CCC2NCCC2C1)Nc1ccccc1. The number of rotatable bonds is 4. The first-order chi connectivity index (χ1) is 9.81. The van der Waals surface area contributed by atoms with Gasteiger partial charge in [0.25, 0.3) is 0 Å². The molecule has 1 aromatic carbocycles. The third-order valence-corrected chi connectivity index (χ3v) is 4.45. The molecule has 5 heteroatoms. The maximum absolute atomic E-state index is 11.9. The molecule has 0 bridgehead atoms. The van der Waals surface area contributed by atoms with Crippen LogP contribution in [0, 0.1) is 5.92 Å². The predicted molar refractivity (Wildman–Crippen MR) is 87.9 cm³/mol. The first-order valence-corrected chi connectivity index (χ1v) is 7.62. The van der Waals surface area contributed by atoms with Crippen molar-refractivity contribution in [3.05, 3.63) is 30.3 Å². The van der Waals surface area contributed by atoms with Crippen molar-refractivity contribution >= 4 is 24.0 Å². The molecule has 0 aromatic heterocycles. The van der Waals surface area contributed by atoms with Gasteiger partial charge in [0, 0.05) is 31.2 Å². The van der Waals surface area contributed by atoms with Crippen molar-refractivity contribution in [1.82, 2.24) is 10.2 Å². The Morgan fingerprint density at radius 3 is 2.90 bits per heavy atom. The molecular formula is C16H24ClN3O. The number of fused-ring (bicyclic) bond motifs is 1. The standard InChI is InChI=1S/C16H23N3O.ClH/c20-16(18-14-4-2-1-3-5-14)8-11-19-10-7-15-13(12-19)6-9-17-15;/h1-5,13,15,17H,6-12H2,(H,18,20);1H. The maximum atomic E-state index is 11.9. The summed E-state index contributed by atoms with van der Waals surface area (Å²) in [5, 5.41) is 6.52. The average molecular weight is 310 g/mol. The van der Waals surface area contributed by atoms with Gasteiger partial charge in [0.2, 0.25) is 5.91 Å². The lowest BCUT2D eigenvalue weighted by atomic mass is 9.93. The Morgan fingerprint density at radius 1 is 1.29 bits per heavy atom. The van der Waals surface area contributed by atoms with Crippen LogP contribution in [0.3, 0.4) is 0 Å². The lowest BCUT2D eigenvalue weighted by Crippen LogP contribution is -2.45.